The maximum absolute atomic E-state index is 12.0. The number of aromatic amines is 1. The number of H-pyrrole nitrogens is 1. The molecule has 0 spiro atoms. The van der Waals surface area contributed by atoms with E-state index in [2.05, 4.69) is 4.98 Å². The highest BCUT2D eigenvalue weighted by Crippen LogP contribution is 2.68. The number of nitrogens with one attached hydrogen (secondary N) is 1. The van der Waals surface area contributed by atoms with Crippen LogP contribution in [0.5, 0.6) is 0 Å². The third-order valence-electron chi connectivity index (χ3n) is 4.80. The van der Waals surface area contributed by atoms with Crippen molar-refractivity contribution in [2.24, 2.45) is 11.3 Å². The van der Waals surface area contributed by atoms with Crippen molar-refractivity contribution in [2.75, 3.05) is 6.61 Å². The molecule has 1 aromatic heterocycles. The Morgan fingerprint density at radius 2 is 2.09 bits per heavy atom. The van der Waals surface area contributed by atoms with Crippen LogP contribution in [0, 0.1) is 11.3 Å². The number of hydrogen-bond acceptors (Lipinski definition) is 6. The Morgan fingerprint density at radius 3 is 2.70 bits per heavy atom. The summed E-state index contributed by atoms with van der Waals surface area (Å²) < 4.78 is 12.0. The molecule has 1 heterocycles. The van der Waals surface area contributed by atoms with E-state index in [1.165, 1.54) is 30.7 Å². The molecule has 4 atom stereocenters. The van der Waals surface area contributed by atoms with Gasteiger partial charge in [-0.25, -0.2) is 4.79 Å². The summed E-state index contributed by atoms with van der Waals surface area (Å²) in [6.07, 6.45) is 2.20. The molecule has 1 aromatic rings. The van der Waals surface area contributed by atoms with E-state index in [9.17, 15) is 19.2 Å². The van der Waals surface area contributed by atoms with Gasteiger partial charge in [-0.3, -0.25) is 23.9 Å². The van der Waals surface area contributed by atoms with Gasteiger partial charge in [0.15, 0.2) is 0 Å². The first-order valence-corrected chi connectivity index (χ1v) is 7.45. The largest absolute Gasteiger partial charge is 0.465 e. The molecule has 3 rings (SSSR count). The molecule has 1 N–H and O–H groups in total. The molecular weight excluding hydrogens is 304 g/mol. The van der Waals surface area contributed by atoms with Crippen LogP contribution in [0.25, 0.3) is 0 Å². The smallest absolute Gasteiger partial charge is 0.328 e. The van der Waals surface area contributed by atoms with Gasteiger partial charge in [0.05, 0.1) is 0 Å². The lowest BCUT2D eigenvalue weighted by molar-refractivity contribution is -0.153. The van der Waals surface area contributed by atoms with E-state index in [0.29, 0.717) is 12.8 Å². The molecule has 0 aromatic carbocycles. The summed E-state index contributed by atoms with van der Waals surface area (Å²) in [7, 11) is 0. The summed E-state index contributed by atoms with van der Waals surface area (Å²) in [5, 5.41) is 0. The molecule has 124 valence electrons. The second-order valence-electron chi connectivity index (χ2n) is 6.24. The van der Waals surface area contributed by atoms with Crippen LogP contribution < -0.4 is 11.2 Å². The van der Waals surface area contributed by atoms with Crippen molar-refractivity contribution in [3.63, 3.8) is 0 Å². The average Bonchev–Trinajstić information content (AvgIpc) is 3.11. The second-order valence-corrected chi connectivity index (χ2v) is 6.24. The monoisotopic (exact) mass is 322 g/mol. The molecular formula is C15H18N2O6. The van der Waals surface area contributed by atoms with Gasteiger partial charge < -0.3 is 9.47 Å². The van der Waals surface area contributed by atoms with Gasteiger partial charge in [-0.2, -0.15) is 0 Å². The molecule has 0 bridgehead atoms. The molecule has 2 aliphatic carbocycles. The van der Waals surface area contributed by atoms with Gasteiger partial charge in [0, 0.05) is 44.0 Å². The van der Waals surface area contributed by atoms with Crippen LogP contribution in [0.15, 0.2) is 21.9 Å². The first-order chi connectivity index (χ1) is 10.8. The Hall–Kier alpha value is -2.38. The van der Waals surface area contributed by atoms with Crippen molar-refractivity contribution in [3.8, 4) is 0 Å². The molecule has 2 saturated carbocycles. The zero-order valence-electron chi connectivity index (χ0n) is 12.9. The van der Waals surface area contributed by atoms with Gasteiger partial charge in [-0.05, 0) is 12.3 Å². The normalized spacial score (nSPS) is 31.3. The highest BCUT2D eigenvalue weighted by molar-refractivity contribution is 5.67. The van der Waals surface area contributed by atoms with Crippen LogP contribution in [0.3, 0.4) is 0 Å². The third kappa shape index (κ3) is 2.69. The number of esters is 2. The van der Waals surface area contributed by atoms with Gasteiger partial charge in [-0.1, -0.05) is 0 Å². The molecule has 0 radical (unpaired) electrons. The number of nitrogens with zero attached hydrogens (tertiary/aromatic N) is 1. The predicted octanol–water partition coefficient (Wildman–Crippen LogP) is -0.0175. The number of rotatable bonds is 4. The minimum Gasteiger partial charge on any atom is -0.465 e. The van der Waals surface area contributed by atoms with Crippen LogP contribution in [0.4, 0.5) is 0 Å². The Labute approximate surface area is 131 Å². The van der Waals surface area contributed by atoms with Gasteiger partial charge in [0.2, 0.25) is 0 Å². The lowest BCUT2D eigenvalue weighted by Crippen LogP contribution is -2.32. The average molecular weight is 322 g/mol. The van der Waals surface area contributed by atoms with E-state index in [1.54, 1.807) is 0 Å². The molecule has 0 saturated heterocycles. The van der Waals surface area contributed by atoms with Crippen LogP contribution in [-0.4, -0.2) is 34.2 Å². The topological polar surface area (TPSA) is 107 Å². The number of ether oxygens (including phenoxy) is 2. The van der Waals surface area contributed by atoms with Crippen LogP contribution in [0.1, 0.15) is 32.7 Å². The Bertz CT molecular complexity index is 766. The molecule has 8 heteroatoms. The number of fused-ring (bicyclic) bond motifs is 1. The minimum absolute atomic E-state index is 0.0646. The molecule has 23 heavy (non-hydrogen) atoms. The highest BCUT2D eigenvalue weighted by atomic mass is 16.6. The van der Waals surface area contributed by atoms with Crippen molar-refractivity contribution >= 4 is 11.9 Å². The standard InChI is InChI=1S/C15H18N2O6/c1-8(18)22-7-15-6-10(15)11(5-12(15)23-9(2)19)17-4-3-13(20)16-14(17)21/h3-4,10-12H,5-7H2,1-2H3,(H,16,20,21)/t10-,11+,12+,15+/m1/s1. The van der Waals surface area contributed by atoms with Crippen molar-refractivity contribution in [2.45, 2.75) is 38.8 Å². The van der Waals surface area contributed by atoms with Crippen molar-refractivity contribution in [1.82, 2.24) is 9.55 Å². The van der Waals surface area contributed by atoms with E-state index in [4.69, 9.17) is 9.47 Å². The van der Waals surface area contributed by atoms with Crippen LogP contribution in [-0.2, 0) is 19.1 Å². The Morgan fingerprint density at radius 1 is 1.35 bits per heavy atom. The number of hydrogen-bond donors (Lipinski definition) is 1. The lowest BCUT2D eigenvalue weighted by Gasteiger charge is -2.23. The van der Waals surface area contributed by atoms with E-state index in [-0.39, 0.29) is 18.6 Å². The zero-order chi connectivity index (χ0) is 16.8. The maximum atomic E-state index is 12.0. The van der Waals surface area contributed by atoms with Gasteiger partial charge in [-0.15, -0.1) is 0 Å². The van der Waals surface area contributed by atoms with E-state index in [0.717, 1.165) is 0 Å². The van der Waals surface area contributed by atoms with Gasteiger partial charge in [0.25, 0.3) is 5.56 Å². The van der Waals surface area contributed by atoms with Gasteiger partial charge in [0.1, 0.15) is 12.7 Å². The fourth-order valence-electron chi connectivity index (χ4n) is 3.71. The predicted molar refractivity (Wildman–Crippen MR) is 77.7 cm³/mol. The fraction of sp³-hybridized carbons (Fsp3) is 0.600. The fourth-order valence-corrected chi connectivity index (χ4v) is 3.71. The third-order valence-corrected chi connectivity index (χ3v) is 4.80. The van der Waals surface area contributed by atoms with Crippen LogP contribution >= 0.6 is 0 Å². The minimum atomic E-state index is -0.487. The SMILES string of the molecule is CC(=O)OC[C@@]12C[C@@H]1[C@@H](n1ccc(=O)[nH]c1=O)C[C@@H]2OC(C)=O. The molecule has 8 nitrogen and oxygen atoms in total. The maximum Gasteiger partial charge on any atom is 0.328 e. The number of aromatic nitrogens is 2. The molecule has 2 fully saturated rings. The second kappa shape index (κ2) is 5.36. The number of carbonyl (C=O) groups excluding carboxylic acids is 2. The summed E-state index contributed by atoms with van der Waals surface area (Å²) in [6, 6.07) is 1.09. The summed E-state index contributed by atoms with van der Waals surface area (Å²) in [4.78, 5) is 47.9. The summed E-state index contributed by atoms with van der Waals surface area (Å²) in [5.41, 5.74) is -1.38. The van der Waals surface area contributed by atoms with Crippen molar-refractivity contribution in [1.29, 1.82) is 0 Å². The van der Waals surface area contributed by atoms with Crippen LogP contribution in [0.2, 0.25) is 0 Å². The quantitative estimate of drug-likeness (QED) is 0.781. The van der Waals surface area contributed by atoms with E-state index in [1.807, 2.05) is 0 Å². The first-order valence-electron chi connectivity index (χ1n) is 7.45. The Balaban J connectivity index is 1.88. The van der Waals surface area contributed by atoms with Crippen molar-refractivity contribution in [3.05, 3.63) is 33.1 Å². The molecule has 0 aliphatic heterocycles. The molecule has 2 aliphatic rings. The zero-order valence-corrected chi connectivity index (χ0v) is 12.9. The molecule has 0 unspecified atom stereocenters. The summed E-state index contributed by atoms with van der Waals surface area (Å²) >= 11 is 0. The summed E-state index contributed by atoms with van der Waals surface area (Å²) in [5.74, 6) is -0.733. The lowest BCUT2D eigenvalue weighted by atomic mass is 10.0. The molecule has 0 amide bonds. The van der Waals surface area contributed by atoms with E-state index >= 15 is 0 Å². The van der Waals surface area contributed by atoms with E-state index < -0.39 is 34.7 Å². The highest BCUT2D eigenvalue weighted by Gasteiger charge is 2.70. The number of carbonyl (C=O) groups is 2. The summed E-state index contributed by atoms with van der Waals surface area (Å²) in [6.45, 7) is 2.82. The van der Waals surface area contributed by atoms with Crippen molar-refractivity contribution < 1.29 is 19.1 Å². The van der Waals surface area contributed by atoms with Gasteiger partial charge >= 0.3 is 17.6 Å². The Kier molecular flexibility index (Phi) is 3.62. The first kappa shape index (κ1) is 15.5.